The minimum absolute atomic E-state index is 0. The standard InChI is InChI=1S/C8H10O2.CH4/c9-6-5-7-1-3-8(10)4-2-7;/h1-4,9-10H,5-6H2;1H4. The van der Waals surface area contributed by atoms with Crippen LogP contribution in [0.2, 0.25) is 0 Å². The van der Waals surface area contributed by atoms with Crippen molar-refractivity contribution < 1.29 is 10.2 Å². The van der Waals surface area contributed by atoms with Gasteiger partial charge in [-0.15, -0.1) is 0 Å². The molecular weight excluding hydrogens is 140 g/mol. The molecule has 2 heteroatoms. The number of phenolic OH excluding ortho intramolecular Hbond substituents is 1. The Kier molecular flexibility index (Phi) is 4.30. The molecule has 11 heavy (non-hydrogen) atoms. The van der Waals surface area contributed by atoms with E-state index in [1.54, 1.807) is 24.3 Å². The van der Waals surface area contributed by atoms with Gasteiger partial charge in [0.15, 0.2) is 0 Å². The molecule has 0 heterocycles. The number of rotatable bonds is 2. The molecule has 0 saturated heterocycles. The van der Waals surface area contributed by atoms with Crippen LogP contribution in [-0.2, 0) is 6.42 Å². The molecular formula is C9H14O2. The summed E-state index contributed by atoms with van der Waals surface area (Å²) in [5.74, 6) is 0.265. The summed E-state index contributed by atoms with van der Waals surface area (Å²) in [7, 11) is 0. The van der Waals surface area contributed by atoms with Crippen molar-refractivity contribution in [2.24, 2.45) is 0 Å². The maximum absolute atomic E-state index is 8.86. The Morgan fingerprint density at radius 3 is 2.09 bits per heavy atom. The SMILES string of the molecule is C.OCCc1ccc(O)cc1. The number of aliphatic hydroxyl groups is 1. The number of hydrogen-bond donors (Lipinski definition) is 2. The van der Waals surface area contributed by atoms with Gasteiger partial charge in [0.2, 0.25) is 0 Å². The summed E-state index contributed by atoms with van der Waals surface area (Å²) in [4.78, 5) is 0. The quantitative estimate of drug-likeness (QED) is 0.678. The lowest BCUT2D eigenvalue weighted by atomic mass is 10.2. The van der Waals surface area contributed by atoms with Crippen LogP contribution in [0.25, 0.3) is 0 Å². The molecule has 0 unspecified atom stereocenters. The normalized spacial score (nSPS) is 8.82. The molecule has 0 aliphatic carbocycles. The number of hydrogen-bond acceptors (Lipinski definition) is 2. The van der Waals surface area contributed by atoms with Gasteiger partial charge in [-0.05, 0) is 24.1 Å². The van der Waals surface area contributed by atoms with E-state index in [1.807, 2.05) is 0 Å². The second kappa shape index (κ2) is 4.74. The molecule has 1 aromatic carbocycles. The molecule has 0 aromatic heterocycles. The van der Waals surface area contributed by atoms with Gasteiger partial charge in [0.05, 0.1) is 0 Å². The Labute approximate surface area is 67.1 Å². The minimum Gasteiger partial charge on any atom is -0.508 e. The summed E-state index contributed by atoms with van der Waals surface area (Å²) in [5, 5.41) is 17.4. The Balaban J connectivity index is 0.000001000. The molecule has 0 aliphatic heterocycles. The molecule has 1 aromatic rings. The van der Waals surface area contributed by atoms with E-state index < -0.39 is 0 Å². The molecule has 0 aliphatic rings. The predicted molar refractivity (Wildman–Crippen MR) is 45.6 cm³/mol. The number of aliphatic hydroxyl groups excluding tert-OH is 1. The number of aromatic hydroxyl groups is 1. The molecule has 0 spiro atoms. The first-order valence-electron chi connectivity index (χ1n) is 3.21. The monoisotopic (exact) mass is 154 g/mol. The van der Waals surface area contributed by atoms with Gasteiger partial charge in [-0.1, -0.05) is 19.6 Å². The molecule has 0 bridgehead atoms. The van der Waals surface area contributed by atoms with Gasteiger partial charge in [0, 0.05) is 6.61 Å². The first-order chi connectivity index (χ1) is 4.83. The van der Waals surface area contributed by atoms with E-state index in [1.165, 1.54) is 0 Å². The third kappa shape index (κ3) is 3.05. The van der Waals surface area contributed by atoms with Crippen LogP contribution >= 0.6 is 0 Å². The number of phenols is 1. The molecule has 62 valence electrons. The Bertz CT molecular complexity index is 191. The fraction of sp³-hybridized carbons (Fsp3) is 0.333. The third-order valence-electron chi connectivity index (χ3n) is 1.34. The van der Waals surface area contributed by atoms with Gasteiger partial charge < -0.3 is 10.2 Å². The van der Waals surface area contributed by atoms with E-state index in [2.05, 4.69) is 0 Å². The average molecular weight is 154 g/mol. The molecule has 0 fully saturated rings. The fourth-order valence-corrected chi connectivity index (χ4v) is 0.792. The molecule has 0 atom stereocenters. The summed E-state index contributed by atoms with van der Waals surface area (Å²) in [6.45, 7) is 0.158. The summed E-state index contributed by atoms with van der Waals surface area (Å²) < 4.78 is 0. The van der Waals surface area contributed by atoms with Gasteiger partial charge >= 0.3 is 0 Å². The number of benzene rings is 1. The van der Waals surface area contributed by atoms with Crippen LogP contribution in [0.4, 0.5) is 0 Å². The highest BCUT2D eigenvalue weighted by molar-refractivity contribution is 5.25. The van der Waals surface area contributed by atoms with Crippen LogP contribution in [0.15, 0.2) is 24.3 Å². The fourth-order valence-electron chi connectivity index (χ4n) is 0.792. The van der Waals surface area contributed by atoms with Crippen molar-refractivity contribution in [2.45, 2.75) is 13.8 Å². The van der Waals surface area contributed by atoms with Crippen LogP contribution in [0, 0.1) is 0 Å². The van der Waals surface area contributed by atoms with Gasteiger partial charge in [-0.2, -0.15) is 0 Å². The summed E-state index contributed by atoms with van der Waals surface area (Å²) in [6, 6.07) is 6.83. The second-order valence-corrected chi connectivity index (χ2v) is 2.14. The van der Waals surface area contributed by atoms with E-state index in [0.29, 0.717) is 6.42 Å². The van der Waals surface area contributed by atoms with Crippen molar-refractivity contribution in [1.82, 2.24) is 0 Å². The van der Waals surface area contributed by atoms with Crippen molar-refractivity contribution in [3.05, 3.63) is 29.8 Å². The van der Waals surface area contributed by atoms with Crippen molar-refractivity contribution in [3.63, 3.8) is 0 Å². The maximum Gasteiger partial charge on any atom is 0.115 e. The van der Waals surface area contributed by atoms with Crippen molar-refractivity contribution in [3.8, 4) is 5.75 Å². The van der Waals surface area contributed by atoms with Crippen LogP contribution in [0.5, 0.6) is 5.75 Å². The average Bonchev–Trinajstić information content (AvgIpc) is 1.95. The predicted octanol–water partition coefficient (Wildman–Crippen LogP) is 1.56. The zero-order valence-electron chi connectivity index (χ0n) is 5.62. The molecule has 2 nitrogen and oxygen atoms in total. The van der Waals surface area contributed by atoms with Crippen molar-refractivity contribution in [1.29, 1.82) is 0 Å². The highest BCUT2D eigenvalue weighted by Gasteiger charge is 1.90. The summed E-state index contributed by atoms with van der Waals surface area (Å²) >= 11 is 0. The molecule has 0 radical (unpaired) electrons. The smallest absolute Gasteiger partial charge is 0.115 e. The van der Waals surface area contributed by atoms with Crippen LogP contribution in [0.1, 0.15) is 13.0 Å². The Morgan fingerprint density at radius 2 is 1.64 bits per heavy atom. The first-order valence-corrected chi connectivity index (χ1v) is 3.21. The third-order valence-corrected chi connectivity index (χ3v) is 1.34. The molecule has 1 rings (SSSR count). The zero-order chi connectivity index (χ0) is 7.40. The van der Waals surface area contributed by atoms with E-state index >= 15 is 0 Å². The molecule has 0 saturated carbocycles. The second-order valence-electron chi connectivity index (χ2n) is 2.14. The lowest BCUT2D eigenvalue weighted by Gasteiger charge is -1.96. The van der Waals surface area contributed by atoms with E-state index in [4.69, 9.17) is 10.2 Å². The summed E-state index contributed by atoms with van der Waals surface area (Å²) in [5.41, 5.74) is 1.04. The topological polar surface area (TPSA) is 40.5 Å². The van der Waals surface area contributed by atoms with Crippen molar-refractivity contribution in [2.75, 3.05) is 6.61 Å². The van der Waals surface area contributed by atoms with Crippen LogP contribution in [-0.4, -0.2) is 16.8 Å². The molecule has 2 N–H and O–H groups in total. The summed E-state index contributed by atoms with van der Waals surface area (Å²) in [6.07, 6.45) is 0.653. The van der Waals surface area contributed by atoms with E-state index in [9.17, 15) is 0 Å². The van der Waals surface area contributed by atoms with Gasteiger partial charge in [0.25, 0.3) is 0 Å². The van der Waals surface area contributed by atoms with Gasteiger partial charge in [-0.3, -0.25) is 0 Å². The Morgan fingerprint density at radius 1 is 1.09 bits per heavy atom. The van der Waals surface area contributed by atoms with Gasteiger partial charge in [-0.25, -0.2) is 0 Å². The lowest BCUT2D eigenvalue weighted by Crippen LogP contribution is -1.88. The molecule has 0 amide bonds. The highest BCUT2D eigenvalue weighted by atomic mass is 16.3. The van der Waals surface area contributed by atoms with E-state index in [0.717, 1.165) is 5.56 Å². The Hall–Kier alpha value is -1.02. The van der Waals surface area contributed by atoms with Crippen LogP contribution < -0.4 is 0 Å². The van der Waals surface area contributed by atoms with E-state index in [-0.39, 0.29) is 19.8 Å². The first kappa shape index (κ1) is 9.98. The largest absolute Gasteiger partial charge is 0.508 e. The maximum atomic E-state index is 8.86. The minimum atomic E-state index is 0. The zero-order valence-corrected chi connectivity index (χ0v) is 5.62. The lowest BCUT2D eigenvalue weighted by molar-refractivity contribution is 0.299. The highest BCUT2D eigenvalue weighted by Crippen LogP contribution is 2.09. The van der Waals surface area contributed by atoms with Crippen molar-refractivity contribution >= 4 is 0 Å². The van der Waals surface area contributed by atoms with Crippen LogP contribution in [0.3, 0.4) is 0 Å². The van der Waals surface area contributed by atoms with Gasteiger partial charge in [0.1, 0.15) is 5.75 Å².